The lowest BCUT2D eigenvalue weighted by molar-refractivity contribution is -0.520. The lowest BCUT2D eigenvalue weighted by atomic mass is 10.3. The zero-order valence-electron chi connectivity index (χ0n) is 11.4. The van der Waals surface area contributed by atoms with Crippen LogP contribution in [0.25, 0.3) is 5.78 Å². The fourth-order valence-electron chi connectivity index (χ4n) is 2.26. The van der Waals surface area contributed by atoms with Crippen LogP contribution in [0.3, 0.4) is 0 Å². The molecule has 0 aliphatic carbocycles. The Balaban J connectivity index is 1.85. The van der Waals surface area contributed by atoms with Crippen molar-refractivity contribution in [2.45, 2.75) is 20.4 Å². The summed E-state index contributed by atoms with van der Waals surface area (Å²) in [6, 6.07) is 8.67. The van der Waals surface area contributed by atoms with Crippen LogP contribution in [0.4, 0.5) is 10.1 Å². The molecule has 3 rings (SSSR count). The SMILES string of the molecule is Cc1cc(C)[n+]2cc(CNc3ccccc3F)[nH]c2n1. The van der Waals surface area contributed by atoms with Crippen LogP contribution >= 0.6 is 0 Å². The van der Waals surface area contributed by atoms with Gasteiger partial charge in [-0.05, 0) is 26.0 Å². The Hall–Kier alpha value is -2.43. The molecule has 1 aromatic carbocycles. The summed E-state index contributed by atoms with van der Waals surface area (Å²) in [5.41, 5.74) is 3.53. The Kier molecular flexibility index (Phi) is 3.10. The number of aromatic amines is 1. The van der Waals surface area contributed by atoms with E-state index in [0.717, 1.165) is 22.9 Å². The third-order valence-electron chi connectivity index (χ3n) is 3.21. The van der Waals surface area contributed by atoms with E-state index < -0.39 is 0 Å². The fourth-order valence-corrected chi connectivity index (χ4v) is 2.26. The zero-order chi connectivity index (χ0) is 14.1. The predicted octanol–water partition coefficient (Wildman–Crippen LogP) is 2.52. The number of hydrogen-bond donors (Lipinski definition) is 2. The number of aryl methyl sites for hydroxylation is 2. The minimum absolute atomic E-state index is 0.249. The van der Waals surface area contributed by atoms with Crippen LogP contribution in [0.5, 0.6) is 0 Å². The maximum atomic E-state index is 13.5. The second kappa shape index (κ2) is 4.92. The van der Waals surface area contributed by atoms with E-state index in [4.69, 9.17) is 0 Å². The third-order valence-corrected chi connectivity index (χ3v) is 3.21. The Labute approximate surface area is 116 Å². The van der Waals surface area contributed by atoms with Gasteiger partial charge in [0.25, 0.3) is 0 Å². The van der Waals surface area contributed by atoms with E-state index >= 15 is 0 Å². The molecular formula is C15H16FN4+. The molecule has 0 amide bonds. The van der Waals surface area contributed by atoms with E-state index in [1.54, 1.807) is 18.2 Å². The number of hydrogen-bond acceptors (Lipinski definition) is 2. The predicted molar refractivity (Wildman–Crippen MR) is 74.9 cm³/mol. The van der Waals surface area contributed by atoms with Crippen LogP contribution in [0.15, 0.2) is 36.5 Å². The normalized spacial score (nSPS) is 10.9. The Morgan fingerprint density at radius 3 is 2.90 bits per heavy atom. The molecule has 0 radical (unpaired) electrons. The van der Waals surface area contributed by atoms with Gasteiger partial charge in [-0.1, -0.05) is 17.1 Å². The van der Waals surface area contributed by atoms with Gasteiger partial charge in [0.15, 0.2) is 0 Å². The lowest BCUT2D eigenvalue weighted by Crippen LogP contribution is -2.24. The quantitative estimate of drug-likeness (QED) is 0.719. The molecule has 0 fully saturated rings. The van der Waals surface area contributed by atoms with E-state index in [9.17, 15) is 4.39 Å². The first kappa shape index (κ1) is 12.6. The Morgan fingerprint density at radius 1 is 1.30 bits per heavy atom. The molecule has 0 bridgehead atoms. The highest BCUT2D eigenvalue weighted by Crippen LogP contribution is 2.13. The Morgan fingerprint density at radius 2 is 2.10 bits per heavy atom. The standard InChI is InChI=1S/C15H15FN4/c1-10-7-11(2)20-9-12(19-15(20)18-10)8-17-14-6-4-3-5-13(14)16/h3-7,9,17H,8H2,1-2H3/p+1. The minimum Gasteiger partial charge on any atom is -0.376 e. The van der Waals surface area contributed by atoms with Gasteiger partial charge in [-0.3, -0.25) is 0 Å². The van der Waals surface area contributed by atoms with Crippen molar-refractivity contribution in [2.75, 3.05) is 5.32 Å². The summed E-state index contributed by atoms with van der Waals surface area (Å²) in [4.78, 5) is 7.67. The first-order valence-electron chi connectivity index (χ1n) is 6.49. The first-order chi connectivity index (χ1) is 9.63. The summed E-state index contributed by atoms with van der Waals surface area (Å²) in [6.45, 7) is 4.51. The molecule has 4 nitrogen and oxygen atoms in total. The van der Waals surface area contributed by atoms with Crippen LogP contribution < -0.4 is 9.72 Å². The van der Waals surface area contributed by atoms with Crippen molar-refractivity contribution >= 4 is 11.5 Å². The highest BCUT2D eigenvalue weighted by atomic mass is 19.1. The Bertz CT molecular complexity index is 764. The molecule has 2 N–H and O–H groups in total. The van der Waals surface area contributed by atoms with Crippen LogP contribution in [-0.4, -0.2) is 9.97 Å². The van der Waals surface area contributed by atoms with Crippen molar-refractivity contribution in [3.8, 4) is 0 Å². The highest BCUT2D eigenvalue weighted by Gasteiger charge is 2.12. The van der Waals surface area contributed by atoms with Gasteiger partial charge in [-0.25, -0.2) is 13.8 Å². The number of H-pyrrole nitrogens is 1. The van der Waals surface area contributed by atoms with Crippen molar-refractivity contribution in [1.82, 2.24) is 9.97 Å². The molecule has 0 saturated heterocycles. The monoisotopic (exact) mass is 271 g/mol. The number of para-hydroxylation sites is 1. The van der Waals surface area contributed by atoms with Crippen LogP contribution in [0.1, 0.15) is 17.1 Å². The van der Waals surface area contributed by atoms with E-state index in [2.05, 4.69) is 15.3 Å². The third kappa shape index (κ3) is 2.34. The summed E-state index contributed by atoms with van der Waals surface area (Å²) >= 11 is 0. The fraction of sp³-hybridized carbons (Fsp3) is 0.200. The molecule has 0 saturated carbocycles. The van der Waals surface area contributed by atoms with E-state index in [1.807, 2.05) is 30.5 Å². The summed E-state index contributed by atoms with van der Waals surface area (Å²) in [7, 11) is 0. The number of aromatic nitrogens is 3. The molecule has 0 atom stereocenters. The number of nitrogens with zero attached hydrogens (tertiary/aromatic N) is 2. The lowest BCUT2D eigenvalue weighted by Gasteiger charge is -2.03. The van der Waals surface area contributed by atoms with Crippen LogP contribution in [0.2, 0.25) is 0 Å². The van der Waals surface area contributed by atoms with Crippen LogP contribution in [0, 0.1) is 19.7 Å². The van der Waals surface area contributed by atoms with Gasteiger partial charge in [0, 0.05) is 6.07 Å². The van der Waals surface area contributed by atoms with Crippen molar-refractivity contribution in [2.24, 2.45) is 0 Å². The van der Waals surface area contributed by atoms with Gasteiger partial charge >= 0.3 is 5.78 Å². The summed E-state index contributed by atoms with van der Waals surface area (Å²) in [6.07, 6.45) is 1.98. The van der Waals surface area contributed by atoms with E-state index in [-0.39, 0.29) is 5.82 Å². The number of benzene rings is 1. The number of fused-ring (bicyclic) bond motifs is 1. The van der Waals surface area contributed by atoms with Gasteiger partial charge in [-0.2, -0.15) is 0 Å². The summed E-state index contributed by atoms with van der Waals surface area (Å²) in [5, 5.41) is 3.08. The topological polar surface area (TPSA) is 44.8 Å². The minimum atomic E-state index is -0.249. The molecule has 0 aliphatic heterocycles. The molecule has 20 heavy (non-hydrogen) atoms. The van der Waals surface area contributed by atoms with Gasteiger partial charge < -0.3 is 5.32 Å². The number of rotatable bonds is 3. The van der Waals surface area contributed by atoms with E-state index in [0.29, 0.717) is 12.2 Å². The van der Waals surface area contributed by atoms with Crippen molar-refractivity contribution < 1.29 is 8.79 Å². The molecule has 102 valence electrons. The summed E-state index contributed by atoms with van der Waals surface area (Å²) < 4.78 is 15.5. The molecular weight excluding hydrogens is 255 g/mol. The van der Waals surface area contributed by atoms with Crippen molar-refractivity contribution in [3.63, 3.8) is 0 Å². The van der Waals surface area contributed by atoms with Gasteiger partial charge in [0.1, 0.15) is 23.4 Å². The molecule has 2 aromatic heterocycles. The highest BCUT2D eigenvalue weighted by molar-refractivity contribution is 5.44. The van der Waals surface area contributed by atoms with Crippen molar-refractivity contribution in [3.05, 3.63) is 59.4 Å². The summed E-state index contributed by atoms with van der Waals surface area (Å²) in [5.74, 6) is 0.550. The molecule has 2 heterocycles. The number of anilines is 1. The smallest absolute Gasteiger partial charge is 0.376 e. The van der Waals surface area contributed by atoms with Crippen molar-refractivity contribution in [1.29, 1.82) is 0 Å². The van der Waals surface area contributed by atoms with Gasteiger partial charge in [0.2, 0.25) is 0 Å². The largest absolute Gasteiger partial charge is 0.401 e. The number of halogens is 1. The van der Waals surface area contributed by atoms with E-state index in [1.165, 1.54) is 6.07 Å². The van der Waals surface area contributed by atoms with Gasteiger partial charge in [-0.15, -0.1) is 0 Å². The zero-order valence-corrected chi connectivity index (χ0v) is 11.4. The average molecular weight is 271 g/mol. The number of nitrogens with one attached hydrogen (secondary N) is 2. The number of imidazole rings is 1. The van der Waals surface area contributed by atoms with Crippen LogP contribution in [-0.2, 0) is 6.54 Å². The molecule has 0 spiro atoms. The maximum absolute atomic E-state index is 13.5. The maximum Gasteiger partial charge on any atom is 0.401 e. The molecule has 0 aliphatic rings. The molecule has 3 aromatic rings. The second-order valence-corrected chi connectivity index (χ2v) is 4.85. The first-order valence-corrected chi connectivity index (χ1v) is 6.49. The average Bonchev–Trinajstić information content (AvgIpc) is 2.81. The molecule has 5 heteroatoms. The molecule has 0 unspecified atom stereocenters. The second-order valence-electron chi connectivity index (χ2n) is 4.85. The van der Waals surface area contributed by atoms with Gasteiger partial charge in [0.05, 0.1) is 17.9 Å².